The van der Waals surface area contributed by atoms with Crippen molar-refractivity contribution >= 4 is 23.7 Å². The predicted molar refractivity (Wildman–Crippen MR) is 80.0 cm³/mol. The van der Waals surface area contributed by atoms with Crippen LogP contribution in [0.15, 0.2) is 18.2 Å². The van der Waals surface area contributed by atoms with E-state index in [9.17, 15) is 24.5 Å². The number of rotatable bonds is 7. The number of nitro benzene ring substituents is 1. The molecular formula is C14H15N3O8. The molecule has 0 aromatic heterocycles. The summed E-state index contributed by atoms with van der Waals surface area (Å²) in [6.45, 7) is -0.0441. The zero-order chi connectivity index (χ0) is 18.4. The summed E-state index contributed by atoms with van der Waals surface area (Å²) in [5.41, 5.74) is 5.07. The predicted octanol–water partition coefficient (Wildman–Crippen LogP) is 0.649. The van der Waals surface area contributed by atoms with Gasteiger partial charge >= 0.3 is 6.16 Å². The summed E-state index contributed by atoms with van der Waals surface area (Å²) in [4.78, 5) is 49.2. The third kappa shape index (κ3) is 4.64. The van der Waals surface area contributed by atoms with Crippen LogP contribution in [0.2, 0.25) is 0 Å². The van der Waals surface area contributed by atoms with E-state index < -0.39 is 29.5 Å². The molecule has 1 heterocycles. The lowest BCUT2D eigenvalue weighted by Crippen LogP contribution is -2.32. The number of nitrogens with two attached hydrogens (primary N) is 1. The molecule has 1 aliphatic rings. The quantitative estimate of drug-likeness (QED) is 0.322. The number of imide groups is 1. The summed E-state index contributed by atoms with van der Waals surface area (Å²) in [5.74, 6) is -1.01. The highest BCUT2D eigenvalue weighted by molar-refractivity contribution is 6.01. The van der Waals surface area contributed by atoms with Gasteiger partial charge in [0, 0.05) is 25.5 Å². The molecule has 11 heteroatoms. The summed E-state index contributed by atoms with van der Waals surface area (Å²) in [5, 5.41) is 11.3. The van der Waals surface area contributed by atoms with Crippen molar-refractivity contribution in [3.8, 4) is 5.75 Å². The molecule has 0 unspecified atom stereocenters. The van der Waals surface area contributed by atoms with Gasteiger partial charge < -0.3 is 15.2 Å². The first-order valence-corrected chi connectivity index (χ1v) is 7.23. The molecule has 0 bridgehead atoms. The Bertz CT molecular complexity index is 689. The topological polar surface area (TPSA) is 151 Å². The second kappa shape index (κ2) is 8.06. The van der Waals surface area contributed by atoms with Crippen LogP contribution in [0.1, 0.15) is 18.4 Å². The number of ether oxygens (including phenoxy) is 2. The van der Waals surface area contributed by atoms with Crippen LogP contribution in [0.25, 0.3) is 0 Å². The lowest BCUT2D eigenvalue weighted by atomic mass is 10.2. The number of carbonyl (C=O) groups excluding carboxylic acids is 3. The van der Waals surface area contributed by atoms with Crippen molar-refractivity contribution < 1.29 is 33.6 Å². The Balaban J connectivity index is 2.02. The van der Waals surface area contributed by atoms with Crippen LogP contribution in [-0.4, -0.2) is 41.1 Å². The van der Waals surface area contributed by atoms with Crippen LogP contribution >= 0.6 is 0 Å². The fraction of sp³-hybridized carbons (Fsp3) is 0.357. The van der Waals surface area contributed by atoms with E-state index >= 15 is 0 Å². The Morgan fingerprint density at radius 1 is 1.28 bits per heavy atom. The molecule has 0 spiro atoms. The van der Waals surface area contributed by atoms with Crippen LogP contribution in [0, 0.1) is 10.1 Å². The van der Waals surface area contributed by atoms with Gasteiger partial charge in [0.05, 0.1) is 10.5 Å². The Morgan fingerprint density at radius 2 is 1.96 bits per heavy atom. The van der Waals surface area contributed by atoms with Crippen molar-refractivity contribution in [3.63, 3.8) is 0 Å². The van der Waals surface area contributed by atoms with Crippen molar-refractivity contribution in [1.82, 2.24) is 5.06 Å². The Hall–Kier alpha value is -3.21. The zero-order valence-corrected chi connectivity index (χ0v) is 13.0. The Labute approximate surface area is 141 Å². The van der Waals surface area contributed by atoms with Crippen molar-refractivity contribution in [2.75, 3.05) is 13.2 Å². The van der Waals surface area contributed by atoms with Gasteiger partial charge in [-0.15, -0.1) is 0 Å². The van der Waals surface area contributed by atoms with Crippen LogP contribution in [0.5, 0.6) is 5.75 Å². The standard InChI is InChI=1S/C14H15N3O8/c15-5-6-23-10-1-2-11(17(21)22)9(7-10)8-24-14(20)25-16-12(18)3-4-13(16)19/h1-2,7H,3-6,8,15H2. The molecule has 25 heavy (non-hydrogen) atoms. The van der Waals surface area contributed by atoms with E-state index in [1.165, 1.54) is 18.2 Å². The first kappa shape index (κ1) is 18.1. The van der Waals surface area contributed by atoms with Crippen LogP contribution < -0.4 is 10.5 Å². The fourth-order valence-electron chi connectivity index (χ4n) is 2.02. The molecule has 1 aliphatic heterocycles. The van der Waals surface area contributed by atoms with E-state index in [4.69, 9.17) is 15.2 Å². The number of hydroxylamine groups is 2. The summed E-state index contributed by atoms with van der Waals surface area (Å²) >= 11 is 0. The van der Waals surface area contributed by atoms with Crippen LogP contribution in [0.3, 0.4) is 0 Å². The molecule has 0 atom stereocenters. The lowest BCUT2D eigenvalue weighted by Gasteiger charge is -2.13. The van der Waals surface area contributed by atoms with Crippen LogP contribution in [-0.2, 0) is 25.8 Å². The maximum Gasteiger partial charge on any atom is 0.534 e. The molecule has 2 N–H and O–H groups in total. The minimum atomic E-state index is -1.33. The number of amides is 2. The van der Waals surface area contributed by atoms with Gasteiger partial charge in [0.15, 0.2) is 0 Å². The third-order valence-electron chi connectivity index (χ3n) is 3.15. The monoisotopic (exact) mass is 353 g/mol. The first-order chi connectivity index (χ1) is 11.9. The Morgan fingerprint density at radius 3 is 2.56 bits per heavy atom. The molecule has 1 aromatic rings. The van der Waals surface area contributed by atoms with Gasteiger partial charge in [-0.1, -0.05) is 5.06 Å². The van der Waals surface area contributed by atoms with E-state index in [1.54, 1.807) is 0 Å². The number of nitro groups is 1. The van der Waals surface area contributed by atoms with Gasteiger partial charge in [-0.25, -0.2) is 4.79 Å². The molecule has 1 aromatic carbocycles. The van der Waals surface area contributed by atoms with Gasteiger partial charge in [-0.05, 0) is 12.1 Å². The van der Waals surface area contributed by atoms with E-state index in [-0.39, 0.29) is 37.2 Å². The number of hydrogen-bond donors (Lipinski definition) is 1. The number of carbonyl (C=O) groups is 3. The molecule has 0 saturated carbocycles. The number of nitrogens with zero attached hydrogens (tertiary/aromatic N) is 2. The molecule has 11 nitrogen and oxygen atoms in total. The van der Waals surface area contributed by atoms with Crippen LogP contribution in [0.4, 0.5) is 10.5 Å². The van der Waals surface area contributed by atoms with Gasteiger partial charge in [0.25, 0.3) is 17.5 Å². The third-order valence-corrected chi connectivity index (χ3v) is 3.15. The summed E-state index contributed by atoms with van der Waals surface area (Å²) < 4.78 is 10.0. The SMILES string of the molecule is NCCOc1ccc([N+](=O)[O-])c(COC(=O)ON2C(=O)CCC2=O)c1. The van der Waals surface area contributed by atoms with E-state index in [0.717, 1.165) is 0 Å². The summed E-state index contributed by atoms with van der Waals surface area (Å²) in [6.07, 6.45) is -1.44. The molecule has 134 valence electrons. The average molecular weight is 353 g/mol. The van der Waals surface area contributed by atoms with Gasteiger partial charge in [-0.3, -0.25) is 24.5 Å². The molecule has 2 amide bonds. The highest BCUT2D eigenvalue weighted by Crippen LogP contribution is 2.25. The normalized spacial score (nSPS) is 13.7. The van der Waals surface area contributed by atoms with Crippen molar-refractivity contribution in [1.29, 1.82) is 0 Å². The minimum absolute atomic E-state index is 0.0514. The summed E-state index contributed by atoms with van der Waals surface area (Å²) in [7, 11) is 0. The molecule has 2 rings (SSSR count). The van der Waals surface area contributed by atoms with E-state index in [0.29, 0.717) is 10.8 Å². The minimum Gasteiger partial charge on any atom is -0.492 e. The maximum atomic E-state index is 11.6. The van der Waals surface area contributed by atoms with Crippen molar-refractivity contribution in [2.45, 2.75) is 19.4 Å². The van der Waals surface area contributed by atoms with Crippen molar-refractivity contribution in [2.24, 2.45) is 5.73 Å². The second-order valence-electron chi connectivity index (χ2n) is 4.90. The average Bonchev–Trinajstić information content (AvgIpc) is 2.90. The van der Waals surface area contributed by atoms with E-state index in [2.05, 4.69) is 4.84 Å². The van der Waals surface area contributed by atoms with Gasteiger partial charge in [-0.2, -0.15) is 0 Å². The zero-order valence-electron chi connectivity index (χ0n) is 13.0. The largest absolute Gasteiger partial charge is 0.534 e. The molecular weight excluding hydrogens is 338 g/mol. The first-order valence-electron chi connectivity index (χ1n) is 7.23. The summed E-state index contributed by atoms with van der Waals surface area (Å²) in [6, 6.07) is 3.91. The highest BCUT2D eigenvalue weighted by Gasteiger charge is 2.33. The molecule has 1 saturated heterocycles. The molecule has 1 fully saturated rings. The smallest absolute Gasteiger partial charge is 0.492 e. The highest BCUT2D eigenvalue weighted by atomic mass is 16.8. The second-order valence-corrected chi connectivity index (χ2v) is 4.90. The fourth-order valence-corrected chi connectivity index (χ4v) is 2.02. The van der Waals surface area contributed by atoms with Gasteiger partial charge in [0.2, 0.25) is 0 Å². The maximum absolute atomic E-state index is 11.6. The molecule has 0 radical (unpaired) electrons. The number of hydrogen-bond acceptors (Lipinski definition) is 9. The Kier molecular flexibility index (Phi) is 5.84. The lowest BCUT2D eigenvalue weighted by molar-refractivity contribution is -0.385. The van der Waals surface area contributed by atoms with Gasteiger partial charge in [0.1, 0.15) is 19.0 Å². The molecule has 0 aliphatic carbocycles. The van der Waals surface area contributed by atoms with Crippen molar-refractivity contribution in [3.05, 3.63) is 33.9 Å². The number of benzene rings is 1. The van der Waals surface area contributed by atoms with E-state index in [1.807, 2.05) is 0 Å².